The number of ether oxygens (including phenoxy) is 2. The summed E-state index contributed by atoms with van der Waals surface area (Å²) in [5.41, 5.74) is -0.942. The van der Waals surface area contributed by atoms with E-state index in [9.17, 15) is 9.90 Å². The Labute approximate surface area is 125 Å². The van der Waals surface area contributed by atoms with E-state index in [0.717, 1.165) is 0 Å². The van der Waals surface area contributed by atoms with Crippen LogP contribution in [-0.2, 0) is 4.79 Å². The molecular weight excluding hydrogens is 270 g/mol. The van der Waals surface area contributed by atoms with Crippen molar-refractivity contribution in [2.75, 3.05) is 13.1 Å². The Bertz CT molecular complexity index is 509. The number of likely N-dealkylation sites (N-methyl/N-ethyl adjacent to an activating group) is 1. The number of rotatable bonds is 4. The quantitative estimate of drug-likeness (QED) is 0.920. The van der Waals surface area contributed by atoms with Crippen molar-refractivity contribution in [3.05, 3.63) is 24.3 Å². The van der Waals surface area contributed by atoms with E-state index >= 15 is 0 Å². The van der Waals surface area contributed by atoms with Crippen LogP contribution in [0.1, 0.15) is 27.7 Å². The maximum absolute atomic E-state index is 12.6. The van der Waals surface area contributed by atoms with Crippen LogP contribution in [0.15, 0.2) is 24.3 Å². The molecule has 1 aromatic carbocycles. The van der Waals surface area contributed by atoms with E-state index < -0.39 is 11.7 Å². The molecule has 0 aromatic heterocycles. The zero-order valence-corrected chi connectivity index (χ0v) is 13.0. The van der Waals surface area contributed by atoms with Crippen LogP contribution < -0.4 is 9.47 Å². The summed E-state index contributed by atoms with van der Waals surface area (Å²) < 4.78 is 11.6. The number of hydrogen-bond acceptors (Lipinski definition) is 4. The van der Waals surface area contributed by atoms with Crippen molar-refractivity contribution in [3.8, 4) is 11.5 Å². The van der Waals surface area contributed by atoms with Crippen LogP contribution in [0.2, 0.25) is 0 Å². The second-order valence-electron chi connectivity index (χ2n) is 5.97. The predicted octanol–water partition coefficient (Wildman–Crippen LogP) is 1.83. The molecule has 5 heteroatoms. The average molecular weight is 293 g/mol. The molecule has 0 spiro atoms. The van der Waals surface area contributed by atoms with E-state index in [2.05, 4.69) is 0 Å². The summed E-state index contributed by atoms with van der Waals surface area (Å²) >= 11 is 0. The minimum absolute atomic E-state index is 0.165. The molecule has 0 bridgehead atoms. The van der Waals surface area contributed by atoms with E-state index in [1.54, 1.807) is 24.8 Å². The van der Waals surface area contributed by atoms with Crippen molar-refractivity contribution in [2.45, 2.75) is 45.5 Å². The largest absolute Gasteiger partial charge is 0.482 e. The Morgan fingerprint density at radius 2 is 1.86 bits per heavy atom. The Kier molecular flexibility index (Phi) is 4.42. The lowest BCUT2D eigenvalue weighted by Gasteiger charge is -2.36. The minimum Gasteiger partial charge on any atom is -0.482 e. The van der Waals surface area contributed by atoms with Crippen molar-refractivity contribution < 1.29 is 19.4 Å². The average Bonchev–Trinajstić information content (AvgIpc) is 2.42. The number of fused-ring (bicyclic) bond motifs is 1. The first kappa shape index (κ1) is 15.6. The number of carbonyl (C=O) groups excluding carboxylic acids is 1. The molecule has 1 amide bonds. The summed E-state index contributed by atoms with van der Waals surface area (Å²) in [5.74, 6) is 1.06. The van der Waals surface area contributed by atoms with Crippen molar-refractivity contribution in [1.82, 2.24) is 4.90 Å². The normalized spacial score (nSPS) is 21.0. The van der Waals surface area contributed by atoms with Gasteiger partial charge in [-0.3, -0.25) is 4.79 Å². The molecule has 1 aromatic rings. The van der Waals surface area contributed by atoms with E-state index in [-0.39, 0.29) is 18.6 Å². The molecule has 5 nitrogen and oxygen atoms in total. The van der Waals surface area contributed by atoms with Crippen LogP contribution in [0, 0.1) is 0 Å². The standard InChI is InChI=1S/C16H23NO4/c1-5-17(10-16(3,4)19)15(18)14-11(2)20-12-8-6-7-9-13(12)21-14/h6-9,11,14,19H,5,10H2,1-4H3. The molecule has 2 unspecified atom stereocenters. The summed E-state index contributed by atoms with van der Waals surface area (Å²) in [5, 5.41) is 9.92. The summed E-state index contributed by atoms with van der Waals surface area (Å²) in [6.45, 7) is 7.83. The van der Waals surface area contributed by atoms with Crippen molar-refractivity contribution in [1.29, 1.82) is 0 Å². The highest BCUT2D eigenvalue weighted by Crippen LogP contribution is 2.33. The van der Waals surface area contributed by atoms with Crippen LogP contribution >= 0.6 is 0 Å². The first-order chi connectivity index (χ1) is 9.81. The van der Waals surface area contributed by atoms with Crippen LogP contribution in [0.5, 0.6) is 11.5 Å². The highest BCUT2D eigenvalue weighted by atomic mass is 16.6. The van der Waals surface area contributed by atoms with Gasteiger partial charge in [0.05, 0.1) is 5.60 Å². The zero-order valence-electron chi connectivity index (χ0n) is 13.0. The van der Waals surface area contributed by atoms with Crippen molar-refractivity contribution in [3.63, 3.8) is 0 Å². The second kappa shape index (κ2) is 5.93. The molecule has 1 heterocycles. The van der Waals surface area contributed by atoms with Crippen molar-refractivity contribution in [2.24, 2.45) is 0 Å². The van der Waals surface area contributed by atoms with Gasteiger partial charge in [0.15, 0.2) is 11.5 Å². The van der Waals surface area contributed by atoms with Gasteiger partial charge in [-0.2, -0.15) is 0 Å². The molecule has 0 aliphatic carbocycles. The lowest BCUT2D eigenvalue weighted by molar-refractivity contribution is -0.147. The molecule has 1 aliphatic heterocycles. The third-order valence-corrected chi connectivity index (χ3v) is 3.36. The Hall–Kier alpha value is -1.75. The van der Waals surface area contributed by atoms with Crippen LogP contribution in [0.4, 0.5) is 0 Å². The molecule has 0 saturated heterocycles. The molecule has 2 atom stereocenters. The molecule has 116 valence electrons. The lowest BCUT2D eigenvalue weighted by Crippen LogP contribution is -2.53. The lowest BCUT2D eigenvalue weighted by atomic mass is 10.1. The first-order valence-corrected chi connectivity index (χ1v) is 7.25. The molecular formula is C16H23NO4. The molecule has 1 aliphatic rings. The van der Waals surface area contributed by atoms with Gasteiger partial charge in [0.1, 0.15) is 6.10 Å². The number of hydrogen-bond donors (Lipinski definition) is 1. The second-order valence-corrected chi connectivity index (χ2v) is 5.97. The predicted molar refractivity (Wildman–Crippen MR) is 79.5 cm³/mol. The summed E-state index contributed by atoms with van der Waals surface area (Å²) in [6, 6.07) is 7.31. The molecule has 0 radical (unpaired) electrons. The van der Waals surface area contributed by atoms with E-state index in [4.69, 9.17) is 9.47 Å². The van der Waals surface area contributed by atoms with E-state index in [0.29, 0.717) is 18.0 Å². The van der Waals surface area contributed by atoms with Crippen LogP contribution in [0.3, 0.4) is 0 Å². The molecule has 21 heavy (non-hydrogen) atoms. The fraction of sp³-hybridized carbons (Fsp3) is 0.562. The smallest absolute Gasteiger partial charge is 0.267 e. The van der Waals surface area contributed by atoms with Crippen LogP contribution in [0.25, 0.3) is 0 Å². The zero-order chi connectivity index (χ0) is 15.6. The highest BCUT2D eigenvalue weighted by molar-refractivity contribution is 5.82. The number of amides is 1. The summed E-state index contributed by atoms with van der Waals surface area (Å²) in [4.78, 5) is 14.2. The van der Waals surface area contributed by atoms with Crippen molar-refractivity contribution >= 4 is 5.91 Å². The minimum atomic E-state index is -0.942. The van der Waals surface area contributed by atoms with E-state index in [1.807, 2.05) is 32.0 Å². The van der Waals surface area contributed by atoms with Gasteiger partial charge in [-0.05, 0) is 39.8 Å². The topological polar surface area (TPSA) is 59.0 Å². The fourth-order valence-electron chi connectivity index (χ4n) is 2.38. The molecule has 0 saturated carbocycles. The maximum atomic E-state index is 12.6. The van der Waals surface area contributed by atoms with Gasteiger partial charge in [0, 0.05) is 13.1 Å². The Morgan fingerprint density at radius 1 is 1.29 bits per heavy atom. The van der Waals surface area contributed by atoms with Crippen LogP contribution in [-0.4, -0.2) is 46.8 Å². The first-order valence-electron chi connectivity index (χ1n) is 7.25. The maximum Gasteiger partial charge on any atom is 0.267 e. The number of benzene rings is 1. The SMILES string of the molecule is CCN(CC(C)(C)O)C(=O)C1Oc2ccccc2OC1C. The Balaban J connectivity index is 2.15. The third kappa shape index (κ3) is 3.67. The molecule has 2 rings (SSSR count). The van der Waals surface area contributed by atoms with Gasteiger partial charge in [-0.1, -0.05) is 12.1 Å². The number of para-hydroxylation sites is 2. The van der Waals surface area contributed by atoms with Gasteiger partial charge in [0.2, 0.25) is 6.10 Å². The summed E-state index contributed by atoms with van der Waals surface area (Å²) in [7, 11) is 0. The Morgan fingerprint density at radius 3 is 2.38 bits per heavy atom. The third-order valence-electron chi connectivity index (χ3n) is 3.36. The van der Waals surface area contributed by atoms with Gasteiger partial charge in [0.25, 0.3) is 5.91 Å². The van der Waals surface area contributed by atoms with Gasteiger partial charge >= 0.3 is 0 Å². The fourth-order valence-corrected chi connectivity index (χ4v) is 2.38. The summed E-state index contributed by atoms with van der Waals surface area (Å²) in [6.07, 6.45) is -1.06. The molecule has 1 N–H and O–H groups in total. The molecule has 0 fully saturated rings. The van der Waals surface area contributed by atoms with Gasteiger partial charge < -0.3 is 19.5 Å². The number of carbonyl (C=O) groups is 1. The number of nitrogens with zero attached hydrogens (tertiary/aromatic N) is 1. The van der Waals surface area contributed by atoms with Gasteiger partial charge in [-0.25, -0.2) is 0 Å². The monoisotopic (exact) mass is 293 g/mol. The number of aliphatic hydroxyl groups is 1. The van der Waals surface area contributed by atoms with E-state index in [1.165, 1.54) is 0 Å². The van der Waals surface area contributed by atoms with Gasteiger partial charge in [-0.15, -0.1) is 0 Å². The highest BCUT2D eigenvalue weighted by Gasteiger charge is 2.37.